The molecule has 2 nitrogen and oxygen atoms in total. The van der Waals surface area contributed by atoms with E-state index < -0.39 is 0 Å². The average Bonchev–Trinajstić information content (AvgIpc) is 2.14. The van der Waals surface area contributed by atoms with Gasteiger partial charge in [0.2, 0.25) is 0 Å². The highest BCUT2D eigenvalue weighted by molar-refractivity contribution is 7.98. The van der Waals surface area contributed by atoms with Crippen LogP contribution in [0.3, 0.4) is 0 Å². The van der Waals surface area contributed by atoms with Crippen molar-refractivity contribution in [2.24, 2.45) is 0 Å². The monoisotopic (exact) mass is 216 g/mol. The second-order valence-corrected chi connectivity index (χ2v) is 4.62. The van der Waals surface area contributed by atoms with Crippen LogP contribution in [-0.2, 0) is 0 Å². The Kier molecular flexibility index (Phi) is 8.34. The molecule has 1 unspecified atom stereocenters. The SMILES string of the molecule is C=C(CNC)CN(C)C(CC)CSC. The Bertz CT molecular complexity index is 159. The van der Waals surface area contributed by atoms with Gasteiger partial charge in [0.25, 0.3) is 0 Å². The van der Waals surface area contributed by atoms with Crippen molar-refractivity contribution in [3.05, 3.63) is 12.2 Å². The van der Waals surface area contributed by atoms with Gasteiger partial charge in [-0.3, -0.25) is 4.90 Å². The summed E-state index contributed by atoms with van der Waals surface area (Å²) in [5.74, 6) is 1.21. The smallest absolute Gasteiger partial charge is 0.0203 e. The normalized spacial score (nSPS) is 13.2. The quantitative estimate of drug-likeness (QED) is 0.623. The van der Waals surface area contributed by atoms with Crippen LogP contribution in [0.4, 0.5) is 0 Å². The Labute approximate surface area is 93.1 Å². The van der Waals surface area contributed by atoms with Crippen molar-refractivity contribution in [3.63, 3.8) is 0 Å². The Balaban J connectivity index is 3.89. The number of hydrogen-bond acceptors (Lipinski definition) is 3. The van der Waals surface area contributed by atoms with Gasteiger partial charge in [-0.05, 0) is 32.3 Å². The van der Waals surface area contributed by atoms with E-state index in [1.54, 1.807) is 0 Å². The number of rotatable bonds is 8. The summed E-state index contributed by atoms with van der Waals surface area (Å²) in [6.45, 7) is 8.22. The number of hydrogen-bond donors (Lipinski definition) is 1. The van der Waals surface area contributed by atoms with Gasteiger partial charge < -0.3 is 5.32 Å². The predicted molar refractivity (Wildman–Crippen MR) is 68.2 cm³/mol. The molecule has 0 aliphatic carbocycles. The van der Waals surface area contributed by atoms with Crippen LogP contribution in [0.1, 0.15) is 13.3 Å². The number of nitrogens with zero attached hydrogens (tertiary/aromatic N) is 1. The minimum Gasteiger partial charge on any atom is -0.316 e. The van der Waals surface area contributed by atoms with E-state index in [4.69, 9.17) is 0 Å². The Morgan fingerprint density at radius 1 is 1.57 bits per heavy atom. The third-order valence-corrected chi connectivity index (χ3v) is 3.07. The van der Waals surface area contributed by atoms with Gasteiger partial charge in [0.1, 0.15) is 0 Å². The van der Waals surface area contributed by atoms with Gasteiger partial charge in [-0.1, -0.05) is 13.5 Å². The first-order valence-electron chi connectivity index (χ1n) is 5.16. The molecule has 0 aromatic rings. The highest BCUT2D eigenvalue weighted by Crippen LogP contribution is 2.09. The van der Waals surface area contributed by atoms with Gasteiger partial charge in [-0.25, -0.2) is 0 Å². The maximum Gasteiger partial charge on any atom is 0.0203 e. The lowest BCUT2D eigenvalue weighted by atomic mass is 10.2. The molecule has 0 aliphatic heterocycles. The highest BCUT2D eigenvalue weighted by atomic mass is 32.2. The fraction of sp³-hybridized carbons (Fsp3) is 0.818. The summed E-state index contributed by atoms with van der Waals surface area (Å²) in [7, 11) is 4.15. The molecule has 0 aromatic carbocycles. The van der Waals surface area contributed by atoms with Crippen LogP contribution in [0.15, 0.2) is 12.2 Å². The molecule has 0 saturated heterocycles. The Morgan fingerprint density at radius 3 is 2.64 bits per heavy atom. The molecule has 1 N–H and O–H groups in total. The van der Waals surface area contributed by atoms with Crippen LogP contribution in [0, 0.1) is 0 Å². The van der Waals surface area contributed by atoms with Crippen molar-refractivity contribution in [2.75, 3.05) is 39.2 Å². The van der Waals surface area contributed by atoms with E-state index in [-0.39, 0.29) is 0 Å². The van der Waals surface area contributed by atoms with Crippen molar-refractivity contribution in [2.45, 2.75) is 19.4 Å². The second kappa shape index (κ2) is 8.33. The molecule has 0 spiro atoms. The maximum absolute atomic E-state index is 4.05. The minimum atomic E-state index is 0.679. The van der Waals surface area contributed by atoms with Gasteiger partial charge in [-0.15, -0.1) is 0 Å². The predicted octanol–water partition coefficient (Wildman–Crippen LogP) is 1.84. The summed E-state index contributed by atoms with van der Waals surface area (Å²) in [6.07, 6.45) is 3.38. The largest absolute Gasteiger partial charge is 0.316 e. The number of nitrogens with one attached hydrogen (secondary N) is 1. The van der Waals surface area contributed by atoms with Gasteiger partial charge >= 0.3 is 0 Å². The molecular formula is C11H24N2S. The fourth-order valence-electron chi connectivity index (χ4n) is 1.54. The van der Waals surface area contributed by atoms with Crippen LogP contribution in [-0.4, -0.2) is 50.1 Å². The summed E-state index contributed by atoms with van der Waals surface area (Å²) >= 11 is 1.92. The van der Waals surface area contributed by atoms with E-state index in [0.29, 0.717) is 6.04 Å². The van der Waals surface area contributed by atoms with Crippen molar-refractivity contribution < 1.29 is 0 Å². The third-order valence-electron chi connectivity index (χ3n) is 2.35. The zero-order valence-corrected chi connectivity index (χ0v) is 10.8. The molecule has 0 amide bonds. The van der Waals surface area contributed by atoms with Crippen LogP contribution < -0.4 is 5.32 Å². The van der Waals surface area contributed by atoms with Crippen molar-refractivity contribution in [1.82, 2.24) is 10.2 Å². The zero-order valence-electron chi connectivity index (χ0n) is 9.97. The third kappa shape index (κ3) is 5.68. The molecule has 84 valence electrons. The van der Waals surface area contributed by atoms with E-state index in [1.807, 2.05) is 18.8 Å². The van der Waals surface area contributed by atoms with Gasteiger partial charge in [0, 0.05) is 24.9 Å². The van der Waals surface area contributed by atoms with E-state index >= 15 is 0 Å². The lowest BCUT2D eigenvalue weighted by Crippen LogP contribution is -2.35. The molecule has 0 radical (unpaired) electrons. The van der Waals surface area contributed by atoms with Gasteiger partial charge in [0.15, 0.2) is 0 Å². The first-order valence-corrected chi connectivity index (χ1v) is 6.55. The molecule has 0 bridgehead atoms. The molecule has 0 aliphatic rings. The van der Waals surface area contributed by atoms with E-state index in [0.717, 1.165) is 13.1 Å². The van der Waals surface area contributed by atoms with Crippen LogP contribution in [0.25, 0.3) is 0 Å². The highest BCUT2D eigenvalue weighted by Gasteiger charge is 2.12. The lowest BCUT2D eigenvalue weighted by Gasteiger charge is -2.27. The summed E-state index contributed by atoms with van der Waals surface area (Å²) < 4.78 is 0. The zero-order chi connectivity index (χ0) is 11.0. The van der Waals surface area contributed by atoms with Crippen LogP contribution in [0.5, 0.6) is 0 Å². The Hall–Kier alpha value is 0.0100. The molecule has 0 saturated carbocycles. The number of likely N-dealkylation sites (N-methyl/N-ethyl adjacent to an activating group) is 2. The minimum absolute atomic E-state index is 0.679. The summed E-state index contributed by atoms with van der Waals surface area (Å²) in [5.41, 5.74) is 1.26. The summed E-state index contributed by atoms with van der Waals surface area (Å²) in [6, 6.07) is 0.679. The first kappa shape index (κ1) is 14.0. The van der Waals surface area contributed by atoms with Crippen molar-refractivity contribution in [3.8, 4) is 0 Å². The van der Waals surface area contributed by atoms with Crippen LogP contribution in [0.2, 0.25) is 0 Å². The molecule has 14 heavy (non-hydrogen) atoms. The first-order chi connectivity index (χ1) is 6.65. The van der Waals surface area contributed by atoms with Gasteiger partial charge in [-0.2, -0.15) is 11.8 Å². The molecule has 0 aromatic heterocycles. The van der Waals surface area contributed by atoms with Gasteiger partial charge in [0.05, 0.1) is 0 Å². The average molecular weight is 216 g/mol. The van der Waals surface area contributed by atoms with E-state index in [9.17, 15) is 0 Å². The Morgan fingerprint density at radius 2 is 2.21 bits per heavy atom. The number of thioether (sulfide) groups is 1. The molecule has 0 fully saturated rings. The maximum atomic E-state index is 4.05. The van der Waals surface area contributed by atoms with Crippen molar-refractivity contribution in [1.29, 1.82) is 0 Å². The van der Waals surface area contributed by atoms with Crippen LogP contribution >= 0.6 is 11.8 Å². The summed E-state index contributed by atoms with van der Waals surface area (Å²) in [5, 5.41) is 3.13. The standard InChI is InChI=1S/C11H24N2S/c1-6-11(9-14-5)13(4)8-10(2)7-12-3/h11-12H,2,6-9H2,1,3-5H3. The molecular weight excluding hydrogens is 192 g/mol. The van der Waals surface area contributed by atoms with E-state index in [2.05, 4.69) is 37.0 Å². The topological polar surface area (TPSA) is 15.3 Å². The molecule has 1 atom stereocenters. The van der Waals surface area contributed by atoms with E-state index in [1.165, 1.54) is 17.7 Å². The molecule has 0 rings (SSSR count). The molecule has 3 heteroatoms. The molecule has 0 heterocycles. The lowest BCUT2D eigenvalue weighted by molar-refractivity contribution is 0.275. The fourth-order valence-corrected chi connectivity index (χ4v) is 2.41. The van der Waals surface area contributed by atoms with Crippen molar-refractivity contribution >= 4 is 11.8 Å². The summed E-state index contributed by atoms with van der Waals surface area (Å²) in [4.78, 5) is 2.40. The second-order valence-electron chi connectivity index (χ2n) is 3.71.